The lowest BCUT2D eigenvalue weighted by atomic mass is 9.50. The Morgan fingerprint density at radius 1 is 0.609 bits per heavy atom. The second-order valence-electron chi connectivity index (χ2n) is 17.8. The molecule has 2 heteroatoms. The highest BCUT2D eigenvalue weighted by atomic mass is 16.5. The molecule has 0 aromatic heterocycles. The predicted octanol–water partition coefficient (Wildman–Crippen LogP) is 14.3. The summed E-state index contributed by atoms with van der Waals surface area (Å²) < 4.78 is 6.02. The zero-order chi connectivity index (χ0) is 32.6. The van der Waals surface area contributed by atoms with Crippen LogP contribution in [0.2, 0.25) is 0 Å². The fraction of sp³-hybridized carbons (Fsp3) is 0.977. The van der Waals surface area contributed by atoms with Crippen LogP contribution >= 0.6 is 0 Å². The summed E-state index contributed by atoms with van der Waals surface area (Å²) in [7, 11) is 0. The van der Waals surface area contributed by atoms with Gasteiger partial charge in [0.15, 0.2) is 0 Å². The number of unbranched alkanes of at least 4 members (excludes halogenated alkanes) is 10. The third-order valence-electron chi connectivity index (χ3n) is 15.0. The standard InChI is InChI=1S/C44H80O2/c1-4-6-8-10-12-16-22-39-23-25-40(26-24-39)42(29-17-14-18-30-42)36-38(3)44(32-20-15-21-33-44)41-27-34-43(35-28-41,46-37-45)31-19-13-11-9-7-5-2/h37-41H,4-36H2,1-3H3/t38?,39-,40-,41-,43+. The summed E-state index contributed by atoms with van der Waals surface area (Å²) in [5.74, 6) is 3.70. The summed E-state index contributed by atoms with van der Waals surface area (Å²) in [4.78, 5) is 11.7. The van der Waals surface area contributed by atoms with Crippen LogP contribution in [0.4, 0.5) is 0 Å². The maximum atomic E-state index is 11.7. The molecule has 2 nitrogen and oxygen atoms in total. The Balaban J connectivity index is 1.35. The highest BCUT2D eigenvalue weighted by molar-refractivity contribution is 5.38. The van der Waals surface area contributed by atoms with Gasteiger partial charge in [-0.1, -0.05) is 149 Å². The number of hydrogen-bond acceptors (Lipinski definition) is 2. The van der Waals surface area contributed by atoms with Gasteiger partial charge in [-0.15, -0.1) is 0 Å². The number of carbonyl (C=O) groups excluding carboxylic acids is 1. The maximum absolute atomic E-state index is 11.7. The summed E-state index contributed by atoms with van der Waals surface area (Å²) in [6.45, 7) is 8.16. The van der Waals surface area contributed by atoms with Crippen LogP contribution in [-0.4, -0.2) is 12.1 Å². The lowest BCUT2D eigenvalue weighted by molar-refractivity contribution is -0.152. The minimum atomic E-state index is -0.166. The van der Waals surface area contributed by atoms with E-state index in [1.165, 1.54) is 193 Å². The third-order valence-corrected chi connectivity index (χ3v) is 15.0. The molecule has 0 aromatic rings. The number of ether oxygens (including phenoxy) is 1. The monoisotopic (exact) mass is 641 g/mol. The molecule has 46 heavy (non-hydrogen) atoms. The number of rotatable bonds is 21. The fourth-order valence-electron chi connectivity index (χ4n) is 12.1. The SMILES string of the molecule is CCCCCCCC[C@H]1CC[C@H](C2(CC(C)C3([C@H]4CC[C@@](CCCCCCCC)(OC=O)CC4)CCCCC3)CCCCC2)CC1. The Morgan fingerprint density at radius 2 is 1.15 bits per heavy atom. The summed E-state index contributed by atoms with van der Waals surface area (Å²) in [5.41, 5.74) is 0.996. The highest BCUT2D eigenvalue weighted by Gasteiger charge is 2.51. The molecular formula is C44H80O2. The van der Waals surface area contributed by atoms with Gasteiger partial charge in [0, 0.05) is 0 Å². The van der Waals surface area contributed by atoms with Crippen molar-refractivity contribution in [2.45, 2.75) is 238 Å². The second-order valence-corrected chi connectivity index (χ2v) is 17.8. The molecule has 4 fully saturated rings. The Morgan fingerprint density at radius 3 is 1.74 bits per heavy atom. The Kier molecular flexibility index (Phi) is 16.8. The molecule has 0 amide bonds. The maximum Gasteiger partial charge on any atom is 0.293 e. The zero-order valence-corrected chi connectivity index (χ0v) is 31.5. The molecule has 0 radical (unpaired) electrons. The van der Waals surface area contributed by atoms with E-state index in [2.05, 4.69) is 20.8 Å². The molecule has 0 N–H and O–H groups in total. The van der Waals surface area contributed by atoms with Crippen molar-refractivity contribution < 1.29 is 9.53 Å². The van der Waals surface area contributed by atoms with Gasteiger partial charge in [-0.2, -0.15) is 0 Å². The minimum absolute atomic E-state index is 0.166. The number of carbonyl (C=O) groups is 1. The molecule has 268 valence electrons. The summed E-state index contributed by atoms with van der Waals surface area (Å²) in [6, 6.07) is 0. The van der Waals surface area contributed by atoms with E-state index < -0.39 is 0 Å². The largest absolute Gasteiger partial charge is 0.461 e. The molecule has 0 spiro atoms. The van der Waals surface area contributed by atoms with Gasteiger partial charge in [-0.05, 0) is 118 Å². The van der Waals surface area contributed by atoms with Crippen LogP contribution in [0.5, 0.6) is 0 Å². The summed E-state index contributed by atoms with van der Waals surface area (Å²) in [5, 5.41) is 0. The van der Waals surface area contributed by atoms with Crippen molar-refractivity contribution in [3.8, 4) is 0 Å². The first kappa shape index (κ1) is 38.3. The first-order chi connectivity index (χ1) is 22.5. The van der Waals surface area contributed by atoms with E-state index >= 15 is 0 Å². The lowest BCUT2D eigenvalue weighted by Gasteiger charge is -2.55. The highest BCUT2D eigenvalue weighted by Crippen LogP contribution is 2.60. The zero-order valence-electron chi connectivity index (χ0n) is 31.5. The molecule has 4 aliphatic carbocycles. The van der Waals surface area contributed by atoms with Gasteiger partial charge in [-0.3, -0.25) is 4.79 Å². The minimum Gasteiger partial charge on any atom is -0.461 e. The third kappa shape index (κ3) is 10.7. The van der Waals surface area contributed by atoms with Crippen LogP contribution < -0.4 is 0 Å². The summed E-state index contributed by atoms with van der Waals surface area (Å²) >= 11 is 0. The quantitative estimate of drug-likeness (QED) is 0.0921. The van der Waals surface area contributed by atoms with Crippen LogP contribution in [-0.2, 0) is 9.53 Å². The van der Waals surface area contributed by atoms with Gasteiger partial charge < -0.3 is 4.74 Å². The Labute approximate surface area is 288 Å². The fourth-order valence-corrected chi connectivity index (χ4v) is 12.1. The van der Waals surface area contributed by atoms with Gasteiger partial charge >= 0.3 is 0 Å². The van der Waals surface area contributed by atoms with Gasteiger partial charge in [0.05, 0.1) is 0 Å². The average molecular weight is 641 g/mol. The van der Waals surface area contributed by atoms with E-state index in [1.807, 2.05) is 0 Å². The average Bonchev–Trinajstić information content (AvgIpc) is 3.09. The smallest absolute Gasteiger partial charge is 0.293 e. The molecule has 0 aromatic carbocycles. The number of hydrogen-bond donors (Lipinski definition) is 0. The van der Waals surface area contributed by atoms with Crippen LogP contribution in [0.15, 0.2) is 0 Å². The van der Waals surface area contributed by atoms with Crippen LogP contribution in [0.25, 0.3) is 0 Å². The molecule has 1 atom stereocenters. The van der Waals surface area contributed by atoms with E-state index in [4.69, 9.17) is 4.74 Å². The van der Waals surface area contributed by atoms with Crippen LogP contribution in [0.3, 0.4) is 0 Å². The van der Waals surface area contributed by atoms with Crippen molar-refractivity contribution in [3.63, 3.8) is 0 Å². The lowest BCUT2D eigenvalue weighted by Crippen LogP contribution is -2.47. The van der Waals surface area contributed by atoms with E-state index in [1.54, 1.807) is 0 Å². The van der Waals surface area contributed by atoms with Gasteiger partial charge in [0.25, 0.3) is 6.47 Å². The molecule has 0 bridgehead atoms. The summed E-state index contributed by atoms with van der Waals surface area (Å²) in [6.07, 6.45) is 46.5. The first-order valence-corrected chi connectivity index (χ1v) is 21.6. The van der Waals surface area contributed by atoms with E-state index in [9.17, 15) is 4.79 Å². The van der Waals surface area contributed by atoms with Crippen molar-refractivity contribution in [2.24, 2.45) is 34.5 Å². The van der Waals surface area contributed by atoms with Gasteiger partial charge in [0.1, 0.15) is 5.60 Å². The van der Waals surface area contributed by atoms with E-state index in [0.717, 1.165) is 49.4 Å². The Hall–Kier alpha value is -0.530. The molecule has 0 aliphatic heterocycles. The molecule has 0 saturated heterocycles. The second kappa shape index (κ2) is 20.2. The van der Waals surface area contributed by atoms with Gasteiger partial charge in [0.2, 0.25) is 0 Å². The van der Waals surface area contributed by atoms with Gasteiger partial charge in [-0.25, -0.2) is 0 Å². The Bertz CT molecular complexity index is 789. The predicted molar refractivity (Wildman–Crippen MR) is 198 cm³/mol. The molecule has 0 heterocycles. The van der Waals surface area contributed by atoms with Crippen molar-refractivity contribution in [1.82, 2.24) is 0 Å². The molecule has 4 aliphatic rings. The van der Waals surface area contributed by atoms with Crippen molar-refractivity contribution >= 4 is 6.47 Å². The molecule has 4 saturated carbocycles. The van der Waals surface area contributed by atoms with E-state index in [-0.39, 0.29) is 5.60 Å². The van der Waals surface area contributed by atoms with Crippen LogP contribution in [0.1, 0.15) is 233 Å². The first-order valence-electron chi connectivity index (χ1n) is 21.6. The molecule has 1 unspecified atom stereocenters. The van der Waals surface area contributed by atoms with E-state index in [0.29, 0.717) is 10.8 Å². The van der Waals surface area contributed by atoms with Crippen molar-refractivity contribution in [2.75, 3.05) is 0 Å². The van der Waals surface area contributed by atoms with Crippen LogP contribution in [0, 0.1) is 34.5 Å². The topological polar surface area (TPSA) is 26.3 Å². The van der Waals surface area contributed by atoms with Crippen molar-refractivity contribution in [1.29, 1.82) is 0 Å². The van der Waals surface area contributed by atoms with Crippen molar-refractivity contribution in [3.05, 3.63) is 0 Å². The normalized spacial score (nSPS) is 30.5. The molecular weight excluding hydrogens is 560 g/mol. The molecule has 4 rings (SSSR count).